The fourth-order valence-corrected chi connectivity index (χ4v) is 4.01. The second-order valence-corrected chi connectivity index (χ2v) is 6.78. The standard InChI is InChI=1S/C11H13Cl2F3N2O2S/c1-2-18(6-11(14,15)16)21(19,20)9-4-3-8(12)7(5-17)10(9)13/h3-4H,2,5-6,17H2,1H3. The van der Waals surface area contributed by atoms with Gasteiger partial charge in [-0.3, -0.25) is 0 Å². The molecule has 0 aliphatic rings. The molecule has 0 saturated heterocycles. The van der Waals surface area contributed by atoms with Crippen molar-refractivity contribution in [1.82, 2.24) is 4.31 Å². The number of hydrogen-bond acceptors (Lipinski definition) is 3. The van der Waals surface area contributed by atoms with E-state index in [2.05, 4.69) is 0 Å². The van der Waals surface area contributed by atoms with E-state index in [-0.39, 0.29) is 28.7 Å². The Labute approximate surface area is 130 Å². The molecule has 1 rings (SSSR count). The van der Waals surface area contributed by atoms with Crippen molar-refractivity contribution < 1.29 is 21.6 Å². The first kappa shape index (κ1) is 18.5. The summed E-state index contributed by atoms with van der Waals surface area (Å²) in [6.45, 7) is -0.773. The Morgan fingerprint density at radius 2 is 1.86 bits per heavy atom. The molecule has 0 bridgehead atoms. The zero-order chi connectivity index (χ0) is 16.4. The Hall–Kier alpha value is -0.540. The molecule has 21 heavy (non-hydrogen) atoms. The fraction of sp³-hybridized carbons (Fsp3) is 0.455. The summed E-state index contributed by atoms with van der Waals surface area (Å²) in [6.07, 6.45) is -4.65. The largest absolute Gasteiger partial charge is 0.402 e. The summed E-state index contributed by atoms with van der Waals surface area (Å²) in [5, 5.41) is -0.106. The van der Waals surface area contributed by atoms with Crippen LogP contribution in [0.5, 0.6) is 0 Å². The maximum atomic E-state index is 12.5. The molecule has 0 radical (unpaired) electrons. The van der Waals surface area contributed by atoms with E-state index in [1.807, 2.05) is 0 Å². The lowest BCUT2D eigenvalue weighted by Gasteiger charge is -2.23. The van der Waals surface area contributed by atoms with Gasteiger partial charge >= 0.3 is 6.18 Å². The second kappa shape index (κ2) is 6.70. The normalized spacial score (nSPS) is 13.0. The van der Waals surface area contributed by atoms with E-state index in [0.717, 1.165) is 6.07 Å². The van der Waals surface area contributed by atoms with Crippen LogP contribution in [-0.4, -0.2) is 32.0 Å². The Bertz CT molecular complexity index is 621. The van der Waals surface area contributed by atoms with Gasteiger partial charge in [-0.25, -0.2) is 8.42 Å². The number of hydrogen-bond donors (Lipinski definition) is 1. The smallest absolute Gasteiger partial charge is 0.326 e. The van der Waals surface area contributed by atoms with E-state index in [0.29, 0.717) is 4.31 Å². The lowest BCUT2D eigenvalue weighted by molar-refractivity contribution is -0.135. The number of rotatable bonds is 5. The van der Waals surface area contributed by atoms with E-state index in [1.165, 1.54) is 13.0 Å². The van der Waals surface area contributed by atoms with Gasteiger partial charge in [0.2, 0.25) is 10.0 Å². The molecule has 0 unspecified atom stereocenters. The highest BCUT2D eigenvalue weighted by Gasteiger charge is 2.37. The van der Waals surface area contributed by atoms with Crippen LogP contribution in [0.3, 0.4) is 0 Å². The minimum Gasteiger partial charge on any atom is -0.326 e. The SMILES string of the molecule is CCN(CC(F)(F)F)S(=O)(=O)c1ccc(Cl)c(CN)c1Cl. The first-order chi connectivity index (χ1) is 9.54. The van der Waals surface area contributed by atoms with E-state index in [1.54, 1.807) is 0 Å². The molecular formula is C11H13Cl2F3N2O2S. The molecule has 120 valence electrons. The number of nitrogens with two attached hydrogens (primary N) is 1. The van der Waals surface area contributed by atoms with Crippen molar-refractivity contribution in [3.8, 4) is 0 Å². The summed E-state index contributed by atoms with van der Waals surface area (Å²) in [5.74, 6) is 0. The molecule has 4 nitrogen and oxygen atoms in total. The van der Waals surface area contributed by atoms with Crippen LogP contribution < -0.4 is 5.73 Å². The van der Waals surface area contributed by atoms with Crippen molar-refractivity contribution in [3.63, 3.8) is 0 Å². The van der Waals surface area contributed by atoms with Gasteiger partial charge in [0.15, 0.2) is 0 Å². The molecule has 1 aromatic rings. The van der Waals surface area contributed by atoms with Crippen LogP contribution in [0.1, 0.15) is 12.5 Å². The molecule has 0 atom stereocenters. The maximum Gasteiger partial charge on any atom is 0.402 e. The van der Waals surface area contributed by atoms with Crippen molar-refractivity contribution in [2.24, 2.45) is 5.73 Å². The van der Waals surface area contributed by atoms with Crippen molar-refractivity contribution >= 4 is 33.2 Å². The summed E-state index contributed by atoms with van der Waals surface area (Å²) in [7, 11) is -4.40. The third-order valence-corrected chi connectivity index (χ3v) is 5.54. The van der Waals surface area contributed by atoms with E-state index >= 15 is 0 Å². The molecule has 0 aliphatic carbocycles. The minimum atomic E-state index is -4.65. The predicted molar refractivity (Wildman–Crippen MR) is 74.8 cm³/mol. The van der Waals surface area contributed by atoms with E-state index < -0.39 is 27.6 Å². The Morgan fingerprint density at radius 3 is 2.29 bits per heavy atom. The lowest BCUT2D eigenvalue weighted by atomic mass is 10.2. The van der Waals surface area contributed by atoms with Crippen LogP contribution in [0.15, 0.2) is 17.0 Å². The predicted octanol–water partition coefficient (Wildman–Crippen LogP) is 3.03. The highest BCUT2D eigenvalue weighted by atomic mass is 35.5. The third-order valence-electron chi connectivity index (χ3n) is 2.68. The Kier molecular flexibility index (Phi) is 5.91. The number of nitrogens with zero attached hydrogens (tertiary/aromatic N) is 1. The van der Waals surface area contributed by atoms with Crippen LogP contribution in [0.4, 0.5) is 13.2 Å². The summed E-state index contributed by atoms with van der Waals surface area (Å²) >= 11 is 11.7. The molecule has 0 spiro atoms. The summed E-state index contributed by atoms with van der Waals surface area (Å²) < 4.78 is 62.3. The molecule has 0 saturated carbocycles. The van der Waals surface area contributed by atoms with Crippen molar-refractivity contribution in [1.29, 1.82) is 0 Å². The topological polar surface area (TPSA) is 63.4 Å². The number of benzene rings is 1. The van der Waals surface area contributed by atoms with Gasteiger partial charge in [-0.15, -0.1) is 0 Å². The van der Waals surface area contributed by atoms with E-state index in [4.69, 9.17) is 28.9 Å². The number of halogens is 5. The second-order valence-electron chi connectivity index (χ2n) is 4.09. The van der Waals surface area contributed by atoms with Gasteiger partial charge in [-0.05, 0) is 12.1 Å². The van der Waals surface area contributed by atoms with E-state index in [9.17, 15) is 21.6 Å². The first-order valence-corrected chi connectivity index (χ1v) is 7.98. The van der Waals surface area contributed by atoms with Crippen LogP contribution >= 0.6 is 23.2 Å². The number of alkyl halides is 3. The highest BCUT2D eigenvalue weighted by Crippen LogP contribution is 2.33. The first-order valence-electron chi connectivity index (χ1n) is 5.78. The Balaban J connectivity index is 3.36. The highest BCUT2D eigenvalue weighted by molar-refractivity contribution is 7.89. The summed E-state index contributed by atoms with van der Waals surface area (Å²) in [5.41, 5.74) is 5.59. The molecule has 0 heterocycles. The average Bonchev–Trinajstić information content (AvgIpc) is 2.34. The monoisotopic (exact) mass is 364 g/mol. The zero-order valence-corrected chi connectivity index (χ0v) is 13.2. The minimum absolute atomic E-state index is 0.133. The molecule has 10 heteroatoms. The fourth-order valence-electron chi connectivity index (χ4n) is 1.67. The van der Waals surface area contributed by atoms with Crippen LogP contribution in [-0.2, 0) is 16.6 Å². The van der Waals surface area contributed by atoms with Gasteiger partial charge in [-0.2, -0.15) is 17.5 Å². The van der Waals surface area contributed by atoms with Gasteiger partial charge in [0.1, 0.15) is 11.4 Å². The summed E-state index contributed by atoms with van der Waals surface area (Å²) in [6, 6.07) is 2.31. The maximum absolute atomic E-state index is 12.5. The van der Waals surface area contributed by atoms with Crippen LogP contribution in [0.2, 0.25) is 10.0 Å². The van der Waals surface area contributed by atoms with Crippen LogP contribution in [0.25, 0.3) is 0 Å². The van der Waals surface area contributed by atoms with Crippen molar-refractivity contribution in [3.05, 3.63) is 27.7 Å². The van der Waals surface area contributed by atoms with Crippen LogP contribution in [0, 0.1) is 0 Å². The lowest BCUT2D eigenvalue weighted by Crippen LogP contribution is -2.38. The van der Waals surface area contributed by atoms with Gasteiger partial charge in [0, 0.05) is 23.7 Å². The zero-order valence-electron chi connectivity index (χ0n) is 10.9. The van der Waals surface area contributed by atoms with Gasteiger partial charge in [0.25, 0.3) is 0 Å². The number of sulfonamides is 1. The Morgan fingerprint density at radius 1 is 1.29 bits per heavy atom. The van der Waals surface area contributed by atoms with Gasteiger partial charge in [0.05, 0.1) is 5.02 Å². The van der Waals surface area contributed by atoms with Gasteiger partial charge in [-0.1, -0.05) is 30.1 Å². The molecular weight excluding hydrogens is 352 g/mol. The van der Waals surface area contributed by atoms with Gasteiger partial charge < -0.3 is 5.73 Å². The quantitative estimate of drug-likeness (QED) is 0.873. The molecule has 2 N–H and O–H groups in total. The molecule has 0 fully saturated rings. The van der Waals surface area contributed by atoms with Crippen molar-refractivity contribution in [2.45, 2.75) is 24.5 Å². The molecule has 1 aromatic carbocycles. The molecule has 0 aliphatic heterocycles. The summed E-state index contributed by atoms with van der Waals surface area (Å²) in [4.78, 5) is -0.444. The average molecular weight is 365 g/mol. The third kappa shape index (κ3) is 4.23. The van der Waals surface area contributed by atoms with Crippen molar-refractivity contribution in [2.75, 3.05) is 13.1 Å². The molecule has 0 aromatic heterocycles. The molecule has 0 amide bonds.